The lowest BCUT2D eigenvalue weighted by atomic mass is 10.1. The van der Waals surface area contributed by atoms with Crippen LogP contribution in [0.5, 0.6) is 0 Å². The van der Waals surface area contributed by atoms with Gasteiger partial charge in [-0.25, -0.2) is 0 Å². The third-order valence-electron chi connectivity index (χ3n) is 2.18. The van der Waals surface area contributed by atoms with Crippen LogP contribution in [0.15, 0.2) is 24.3 Å². The van der Waals surface area contributed by atoms with E-state index in [-0.39, 0.29) is 12.5 Å². The minimum Gasteiger partial charge on any atom is -0.468 e. The molecular weight excluding hydrogens is 242 g/mol. The van der Waals surface area contributed by atoms with Crippen LogP contribution >= 0.6 is 11.6 Å². The second-order valence-electron chi connectivity index (χ2n) is 3.57. The first-order valence-corrected chi connectivity index (χ1v) is 5.55. The summed E-state index contributed by atoms with van der Waals surface area (Å²) in [6.07, 6.45) is 0. The molecule has 1 aromatic carbocycles. The molecule has 1 aromatic rings. The maximum Gasteiger partial charge on any atom is 0.325 e. The monoisotopic (exact) mass is 255 g/mol. The fraction of sp³-hybridized carbons (Fsp3) is 0.333. The van der Waals surface area contributed by atoms with Crippen LogP contribution in [-0.4, -0.2) is 30.9 Å². The number of esters is 1. The molecule has 5 heteroatoms. The van der Waals surface area contributed by atoms with Crippen LogP contribution in [0.2, 0.25) is 0 Å². The van der Waals surface area contributed by atoms with Crippen molar-refractivity contribution in [2.75, 3.05) is 13.7 Å². The lowest BCUT2D eigenvalue weighted by Crippen LogP contribution is -2.34. The highest BCUT2D eigenvalue weighted by Gasteiger charge is 2.16. The quantitative estimate of drug-likeness (QED) is 0.655. The van der Waals surface area contributed by atoms with Gasteiger partial charge in [0, 0.05) is 12.1 Å². The molecule has 1 atom stereocenters. The Bertz CT molecular complexity index is 420. The fourth-order valence-corrected chi connectivity index (χ4v) is 1.45. The zero-order valence-corrected chi connectivity index (χ0v) is 10.5. The van der Waals surface area contributed by atoms with Gasteiger partial charge in [-0.05, 0) is 19.1 Å². The first-order valence-electron chi connectivity index (χ1n) is 5.11. The fourth-order valence-electron chi connectivity index (χ4n) is 1.28. The number of hydrogen-bond donors (Lipinski definition) is 1. The smallest absolute Gasteiger partial charge is 0.325 e. The van der Waals surface area contributed by atoms with Gasteiger partial charge in [0.25, 0.3) is 5.91 Å². The Balaban J connectivity index is 2.53. The number of aryl methyl sites for hydroxylation is 1. The first kappa shape index (κ1) is 13.5. The van der Waals surface area contributed by atoms with Crippen molar-refractivity contribution in [3.05, 3.63) is 35.4 Å². The maximum absolute atomic E-state index is 11.7. The molecule has 92 valence electrons. The molecule has 1 N–H and O–H groups in total. The molecule has 0 radical (unpaired) electrons. The Morgan fingerprint density at radius 3 is 2.76 bits per heavy atom. The molecule has 0 aliphatic rings. The molecule has 1 unspecified atom stereocenters. The number of rotatable bonds is 4. The van der Waals surface area contributed by atoms with Gasteiger partial charge in [0.05, 0.1) is 7.11 Å². The summed E-state index contributed by atoms with van der Waals surface area (Å²) in [5.74, 6) is -0.820. The Kier molecular flexibility index (Phi) is 4.97. The van der Waals surface area contributed by atoms with E-state index >= 15 is 0 Å². The van der Waals surface area contributed by atoms with Crippen LogP contribution in [0.25, 0.3) is 0 Å². The van der Waals surface area contributed by atoms with E-state index in [9.17, 15) is 9.59 Å². The Morgan fingerprint density at radius 1 is 1.47 bits per heavy atom. The van der Waals surface area contributed by atoms with E-state index in [1.165, 1.54) is 7.11 Å². The number of carbonyl (C=O) groups excluding carboxylic acids is 2. The number of halogens is 1. The lowest BCUT2D eigenvalue weighted by Gasteiger charge is -2.09. The zero-order valence-electron chi connectivity index (χ0n) is 9.70. The van der Waals surface area contributed by atoms with Gasteiger partial charge in [-0.2, -0.15) is 0 Å². The number of nitrogens with one attached hydrogen (secondary N) is 1. The van der Waals surface area contributed by atoms with Crippen LogP contribution < -0.4 is 5.32 Å². The molecule has 0 aromatic heterocycles. The molecule has 0 bridgehead atoms. The van der Waals surface area contributed by atoms with E-state index < -0.39 is 11.3 Å². The normalized spacial score (nSPS) is 11.7. The van der Waals surface area contributed by atoms with Crippen molar-refractivity contribution < 1.29 is 14.3 Å². The minimum absolute atomic E-state index is 0.0427. The summed E-state index contributed by atoms with van der Waals surface area (Å²) in [6.45, 7) is 1.94. The van der Waals surface area contributed by atoms with Crippen molar-refractivity contribution in [3.8, 4) is 0 Å². The molecule has 0 spiro atoms. The van der Waals surface area contributed by atoms with Crippen molar-refractivity contribution in [1.29, 1.82) is 0 Å². The van der Waals surface area contributed by atoms with Crippen LogP contribution in [-0.2, 0) is 9.53 Å². The van der Waals surface area contributed by atoms with Crippen molar-refractivity contribution >= 4 is 23.5 Å². The molecule has 0 saturated carbocycles. The van der Waals surface area contributed by atoms with Gasteiger partial charge in [-0.3, -0.25) is 9.59 Å². The van der Waals surface area contributed by atoms with Gasteiger partial charge in [0.2, 0.25) is 0 Å². The lowest BCUT2D eigenvalue weighted by molar-refractivity contribution is -0.140. The average molecular weight is 256 g/mol. The Hall–Kier alpha value is -1.55. The number of ether oxygens (including phenoxy) is 1. The Morgan fingerprint density at radius 2 is 2.18 bits per heavy atom. The predicted molar refractivity (Wildman–Crippen MR) is 65.2 cm³/mol. The van der Waals surface area contributed by atoms with Crippen LogP contribution in [0.1, 0.15) is 15.9 Å². The standard InChI is InChI=1S/C12H14ClNO3/c1-8-4-3-5-9(6-8)11(15)14-7-10(13)12(16)17-2/h3-6,10H,7H2,1-2H3,(H,14,15). The van der Waals surface area contributed by atoms with E-state index in [0.717, 1.165) is 5.56 Å². The Labute approximate surface area is 105 Å². The van der Waals surface area contributed by atoms with E-state index in [1.54, 1.807) is 18.2 Å². The molecule has 1 rings (SSSR count). The third-order valence-corrected chi connectivity index (χ3v) is 2.51. The molecule has 4 nitrogen and oxygen atoms in total. The predicted octanol–water partition coefficient (Wildman–Crippen LogP) is 1.51. The highest BCUT2D eigenvalue weighted by atomic mass is 35.5. The SMILES string of the molecule is COC(=O)C(Cl)CNC(=O)c1cccc(C)c1. The summed E-state index contributed by atoms with van der Waals surface area (Å²) >= 11 is 5.70. The van der Waals surface area contributed by atoms with Gasteiger partial charge in [-0.15, -0.1) is 11.6 Å². The van der Waals surface area contributed by atoms with Crippen molar-refractivity contribution in [2.45, 2.75) is 12.3 Å². The number of alkyl halides is 1. The third kappa shape index (κ3) is 4.07. The molecule has 1 amide bonds. The van der Waals surface area contributed by atoms with E-state index in [2.05, 4.69) is 10.1 Å². The number of methoxy groups -OCH3 is 1. The van der Waals surface area contributed by atoms with Gasteiger partial charge in [0.15, 0.2) is 0 Å². The van der Waals surface area contributed by atoms with Crippen molar-refractivity contribution in [1.82, 2.24) is 5.32 Å². The molecule has 17 heavy (non-hydrogen) atoms. The summed E-state index contributed by atoms with van der Waals surface area (Å²) < 4.78 is 4.45. The van der Waals surface area contributed by atoms with E-state index in [4.69, 9.17) is 11.6 Å². The first-order chi connectivity index (χ1) is 8.04. The molecule has 0 heterocycles. The highest BCUT2D eigenvalue weighted by molar-refractivity contribution is 6.30. The minimum atomic E-state index is -0.867. The number of carbonyl (C=O) groups is 2. The largest absolute Gasteiger partial charge is 0.468 e. The van der Waals surface area contributed by atoms with Crippen molar-refractivity contribution in [3.63, 3.8) is 0 Å². The maximum atomic E-state index is 11.7. The van der Waals surface area contributed by atoms with Gasteiger partial charge < -0.3 is 10.1 Å². The number of amides is 1. The topological polar surface area (TPSA) is 55.4 Å². The number of hydrogen-bond acceptors (Lipinski definition) is 3. The molecule has 0 aliphatic carbocycles. The molecular formula is C12H14ClNO3. The van der Waals surface area contributed by atoms with Gasteiger partial charge in [0.1, 0.15) is 5.38 Å². The summed E-state index contributed by atoms with van der Waals surface area (Å²) in [4.78, 5) is 22.7. The summed E-state index contributed by atoms with van der Waals surface area (Å²) in [6, 6.07) is 7.15. The summed E-state index contributed by atoms with van der Waals surface area (Å²) in [7, 11) is 1.25. The van der Waals surface area contributed by atoms with Gasteiger partial charge in [-0.1, -0.05) is 17.7 Å². The summed E-state index contributed by atoms with van der Waals surface area (Å²) in [5, 5.41) is 1.70. The molecule has 0 saturated heterocycles. The summed E-state index contributed by atoms with van der Waals surface area (Å²) in [5.41, 5.74) is 1.53. The van der Waals surface area contributed by atoms with Crippen LogP contribution in [0.3, 0.4) is 0 Å². The average Bonchev–Trinajstić information content (AvgIpc) is 2.34. The van der Waals surface area contributed by atoms with Gasteiger partial charge >= 0.3 is 5.97 Å². The molecule has 0 aliphatic heterocycles. The zero-order chi connectivity index (χ0) is 12.8. The molecule has 0 fully saturated rings. The second-order valence-corrected chi connectivity index (χ2v) is 4.10. The van der Waals surface area contributed by atoms with E-state index in [1.807, 2.05) is 13.0 Å². The number of benzene rings is 1. The van der Waals surface area contributed by atoms with Crippen LogP contribution in [0, 0.1) is 6.92 Å². The highest BCUT2D eigenvalue weighted by Crippen LogP contribution is 2.04. The van der Waals surface area contributed by atoms with E-state index in [0.29, 0.717) is 5.56 Å². The second kappa shape index (κ2) is 6.25. The van der Waals surface area contributed by atoms with Crippen molar-refractivity contribution in [2.24, 2.45) is 0 Å². The van der Waals surface area contributed by atoms with Crippen LogP contribution in [0.4, 0.5) is 0 Å².